The van der Waals surface area contributed by atoms with Gasteiger partial charge in [-0.2, -0.15) is 13.2 Å². The lowest BCUT2D eigenvalue weighted by Crippen LogP contribution is -2.36. The molecule has 0 heterocycles. The van der Waals surface area contributed by atoms with Crippen LogP contribution in [0.25, 0.3) is 0 Å². The first-order chi connectivity index (χ1) is 11.1. The van der Waals surface area contributed by atoms with E-state index < -0.39 is 30.3 Å². The molecule has 24 heavy (non-hydrogen) atoms. The Labute approximate surface area is 137 Å². The normalized spacial score (nSPS) is 11.1. The fourth-order valence-corrected chi connectivity index (χ4v) is 1.80. The Hall–Kier alpha value is -2.45. The molecule has 0 saturated heterocycles. The fraction of sp³-hybridized carbons (Fsp3) is 0.467. The molecule has 6 nitrogen and oxygen atoms in total. The highest BCUT2D eigenvalue weighted by molar-refractivity contribution is 5.82. The highest BCUT2D eigenvalue weighted by atomic mass is 19.4. The molecule has 0 saturated carbocycles. The first kappa shape index (κ1) is 19.6. The van der Waals surface area contributed by atoms with Crippen molar-refractivity contribution < 1.29 is 32.2 Å². The summed E-state index contributed by atoms with van der Waals surface area (Å²) in [6, 6.07) is 3.55. The maximum atomic E-state index is 13.1. The minimum Gasteiger partial charge on any atom is -0.491 e. The molecule has 1 rings (SSSR count). The average molecular weight is 348 g/mol. The standard InChI is InChI=1S/C15H19F3N2O4/c1-9(2)24-11-5-4-10(12(6-11)15(16,17)18)7-19-13(21)8-20-14(22)23-3/h4-6,9H,7-8H2,1-3H3,(H,19,21)(H,20,22). The Kier molecular flexibility index (Phi) is 6.87. The van der Waals surface area contributed by atoms with Crippen LogP contribution in [0.4, 0.5) is 18.0 Å². The van der Waals surface area contributed by atoms with Crippen LogP contribution in [0.2, 0.25) is 0 Å². The van der Waals surface area contributed by atoms with Gasteiger partial charge in [-0.05, 0) is 31.5 Å². The van der Waals surface area contributed by atoms with Crippen LogP contribution in [0, 0.1) is 0 Å². The van der Waals surface area contributed by atoms with Crippen LogP contribution in [-0.4, -0.2) is 31.8 Å². The van der Waals surface area contributed by atoms with Gasteiger partial charge in [-0.1, -0.05) is 6.07 Å². The van der Waals surface area contributed by atoms with Gasteiger partial charge in [0.15, 0.2) is 0 Å². The number of hydrogen-bond donors (Lipinski definition) is 2. The van der Waals surface area contributed by atoms with E-state index >= 15 is 0 Å². The molecule has 0 aliphatic heterocycles. The first-order valence-electron chi connectivity index (χ1n) is 7.08. The van der Waals surface area contributed by atoms with E-state index in [0.717, 1.165) is 13.2 Å². The van der Waals surface area contributed by atoms with Gasteiger partial charge < -0.3 is 20.1 Å². The molecule has 0 unspecified atom stereocenters. The van der Waals surface area contributed by atoms with E-state index in [1.165, 1.54) is 12.1 Å². The number of ether oxygens (including phenoxy) is 2. The van der Waals surface area contributed by atoms with Crippen LogP contribution in [0.15, 0.2) is 18.2 Å². The number of benzene rings is 1. The van der Waals surface area contributed by atoms with Crippen molar-refractivity contribution in [3.05, 3.63) is 29.3 Å². The molecule has 134 valence electrons. The van der Waals surface area contributed by atoms with Gasteiger partial charge in [0, 0.05) is 6.54 Å². The van der Waals surface area contributed by atoms with E-state index in [4.69, 9.17) is 4.74 Å². The lowest BCUT2D eigenvalue weighted by Gasteiger charge is -2.17. The lowest BCUT2D eigenvalue weighted by atomic mass is 10.1. The summed E-state index contributed by atoms with van der Waals surface area (Å²) in [5, 5.41) is 4.43. The Morgan fingerprint density at radius 1 is 1.21 bits per heavy atom. The Morgan fingerprint density at radius 3 is 2.42 bits per heavy atom. The molecule has 2 amide bonds. The van der Waals surface area contributed by atoms with Crippen molar-refractivity contribution in [2.75, 3.05) is 13.7 Å². The summed E-state index contributed by atoms with van der Waals surface area (Å²) in [6.45, 7) is 2.67. The van der Waals surface area contributed by atoms with Crippen LogP contribution in [0.5, 0.6) is 5.75 Å². The molecule has 2 N–H and O–H groups in total. The average Bonchev–Trinajstić information content (AvgIpc) is 2.49. The van der Waals surface area contributed by atoms with Gasteiger partial charge in [-0.3, -0.25) is 4.79 Å². The van der Waals surface area contributed by atoms with E-state index in [1.54, 1.807) is 13.8 Å². The van der Waals surface area contributed by atoms with E-state index in [9.17, 15) is 22.8 Å². The number of alkyl halides is 3. The quantitative estimate of drug-likeness (QED) is 0.828. The van der Waals surface area contributed by atoms with E-state index in [-0.39, 0.29) is 24.0 Å². The molecule has 0 aromatic heterocycles. The summed E-state index contributed by atoms with van der Waals surface area (Å²) < 4.78 is 49.0. The molecule has 0 atom stereocenters. The van der Waals surface area contributed by atoms with E-state index in [2.05, 4.69) is 15.4 Å². The summed E-state index contributed by atoms with van der Waals surface area (Å²) in [7, 11) is 1.13. The molecule has 0 bridgehead atoms. The van der Waals surface area contributed by atoms with Crippen LogP contribution >= 0.6 is 0 Å². The van der Waals surface area contributed by atoms with Crippen LogP contribution in [0.1, 0.15) is 25.0 Å². The number of methoxy groups -OCH3 is 1. The smallest absolute Gasteiger partial charge is 0.416 e. The lowest BCUT2D eigenvalue weighted by molar-refractivity contribution is -0.138. The zero-order valence-electron chi connectivity index (χ0n) is 13.5. The number of carbonyl (C=O) groups excluding carboxylic acids is 2. The summed E-state index contributed by atoms with van der Waals surface area (Å²) in [6.07, 6.45) is -5.65. The van der Waals surface area contributed by atoms with Crippen molar-refractivity contribution in [2.45, 2.75) is 32.7 Å². The maximum absolute atomic E-state index is 13.1. The zero-order chi connectivity index (χ0) is 18.3. The van der Waals surface area contributed by atoms with Gasteiger partial charge in [0.1, 0.15) is 12.3 Å². The largest absolute Gasteiger partial charge is 0.491 e. The Bertz CT molecular complexity index is 589. The molecule has 9 heteroatoms. The van der Waals surface area contributed by atoms with Crippen molar-refractivity contribution in [3.63, 3.8) is 0 Å². The minimum absolute atomic E-state index is 0.0970. The number of alkyl carbamates (subject to hydrolysis) is 1. The molecule has 0 aliphatic rings. The topological polar surface area (TPSA) is 76.7 Å². The van der Waals surface area contributed by atoms with Crippen molar-refractivity contribution in [3.8, 4) is 5.75 Å². The third-order valence-corrected chi connectivity index (χ3v) is 2.81. The number of nitrogens with one attached hydrogen (secondary N) is 2. The molecule has 1 aromatic carbocycles. The first-order valence-corrected chi connectivity index (χ1v) is 7.08. The van der Waals surface area contributed by atoms with Gasteiger partial charge in [0.05, 0.1) is 18.8 Å². The second-order valence-electron chi connectivity index (χ2n) is 5.11. The Morgan fingerprint density at radius 2 is 1.88 bits per heavy atom. The second-order valence-corrected chi connectivity index (χ2v) is 5.11. The molecular weight excluding hydrogens is 329 g/mol. The van der Waals surface area contributed by atoms with Gasteiger partial charge in [-0.15, -0.1) is 0 Å². The van der Waals surface area contributed by atoms with Crippen molar-refractivity contribution in [1.29, 1.82) is 0 Å². The SMILES string of the molecule is COC(=O)NCC(=O)NCc1ccc(OC(C)C)cc1C(F)(F)F. The van der Waals surface area contributed by atoms with Crippen molar-refractivity contribution in [2.24, 2.45) is 0 Å². The summed E-state index contributed by atoms with van der Waals surface area (Å²) >= 11 is 0. The molecule has 0 aliphatic carbocycles. The summed E-state index contributed by atoms with van der Waals surface area (Å²) in [5.41, 5.74) is -0.994. The van der Waals surface area contributed by atoms with Gasteiger partial charge in [0.2, 0.25) is 5.91 Å². The monoisotopic (exact) mass is 348 g/mol. The van der Waals surface area contributed by atoms with Gasteiger partial charge in [-0.25, -0.2) is 4.79 Å². The summed E-state index contributed by atoms with van der Waals surface area (Å²) in [5.74, 6) is -0.546. The van der Waals surface area contributed by atoms with Gasteiger partial charge >= 0.3 is 12.3 Å². The maximum Gasteiger partial charge on any atom is 0.416 e. The highest BCUT2D eigenvalue weighted by Crippen LogP contribution is 2.34. The predicted molar refractivity (Wildman–Crippen MR) is 79.5 cm³/mol. The molecular formula is C15H19F3N2O4. The van der Waals surface area contributed by atoms with Gasteiger partial charge in [0.25, 0.3) is 0 Å². The fourth-order valence-electron chi connectivity index (χ4n) is 1.80. The number of rotatable bonds is 6. The Balaban J connectivity index is 2.79. The van der Waals surface area contributed by atoms with Crippen molar-refractivity contribution in [1.82, 2.24) is 10.6 Å². The zero-order valence-corrected chi connectivity index (χ0v) is 13.5. The second kappa shape index (κ2) is 8.42. The van der Waals surface area contributed by atoms with Crippen LogP contribution in [-0.2, 0) is 22.3 Å². The molecule has 0 radical (unpaired) electrons. The number of carbonyl (C=O) groups is 2. The molecule has 0 spiro atoms. The van der Waals surface area contributed by atoms with E-state index in [1.807, 2.05) is 0 Å². The van der Waals surface area contributed by atoms with Crippen LogP contribution in [0.3, 0.4) is 0 Å². The number of halogens is 3. The third-order valence-electron chi connectivity index (χ3n) is 2.81. The summed E-state index contributed by atoms with van der Waals surface area (Å²) in [4.78, 5) is 22.3. The molecule has 0 fully saturated rings. The van der Waals surface area contributed by atoms with Crippen molar-refractivity contribution >= 4 is 12.0 Å². The number of amides is 2. The predicted octanol–water partition coefficient (Wildman–Crippen LogP) is 2.46. The third kappa shape index (κ3) is 6.35. The van der Waals surface area contributed by atoms with E-state index in [0.29, 0.717) is 0 Å². The molecule has 1 aromatic rings. The van der Waals surface area contributed by atoms with Crippen LogP contribution < -0.4 is 15.4 Å². The minimum atomic E-state index is -4.58. The number of hydrogen-bond acceptors (Lipinski definition) is 4. The highest BCUT2D eigenvalue weighted by Gasteiger charge is 2.33.